The van der Waals surface area contributed by atoms with Crippen LogP contribution in [0.5, 0.6) is 0 Å². The fraction of sp³-hybridized carbons (Fsp3) is 0.538. The van der Waals surface area contributed by atoms with Crippen molar-refractivity contribution in [3.63, 3.8) is 0 Å². The van der Waals surface area contributed by atoms with Crippen LogP contribution in [0.4, 0.5) is 0 Å². The maximum absolute atomic E-state index is 10.1. The molecule has 0 aromatic heterocycles. The molecule has 1 fully saturated rings. The molecule has 1 aromatic carbocycles. The van der Waals surface area contributed by atoms with E-state index < -0.39 is 0 Å². The minimum atomic E-state index is -0.364. The number of hydrogen-bond acceptors (Lipinski definition) is 3. The van der Waals surface area contributed by atoms with E-state index in [9.17, 15) is 5.11 Å². The normalized spacial score (nSPS) is 23.5. The molecule has 3 heteroatoms. The SMILES string of the molecule is CNC1CCN(CC(O)c2ccccc2)C1. The minimum absolute atomic E-state index is 0.364. The number of aliphatic hydroxyl groups is 1. The molecule has 0 bridgehead atoms. The number of aliphatic hydroxyl groups excluding tert-OH is 1. The quantitative estimate of drug-likeness (QED) is 0.795. The highest BCUT2D eigenvalue weighted by Crippen LogP contribution is 2.17. The van der Waals surface area contributed by atoms with Crippen LogP contribution in [0.15, 0.2) is 30.3 Å². The summed E-state index contributed by atoms with van der Waals surface area (Å²) in [6.45, 7) is 2.86. The van der Waals surface area contributed by atoms with E-state index in [0.717, 1.165) is 25.2 Å². The summed E-state index contributed by atoms with van der Waals surface area (Å²) >= 11 is 0. The van der Waals surface area contributed by atoms with Gasteiger partial charge in [-0.05, 0) is 25.6 Å². The number of hydrogen-bond donors (Lipinski definition) is 2. The van der Waals surface area contributed by atoms with Crippen molar-refractivity contribution in [2.75, 3.05) is 26.7 Å². The first-order valence-electron chi connectivity index (χ1n) is 5.92. The van der Waals surface area contributed by atoms with Gasteiger partial charge in [0.05, 0.1) is 6.10 Å². The van der Waals surface area contributed by atoms with Crippen LogP contribution < -0.4 is 5.32 Å². The highest BCUT2D eigenvalue weighted by Gasteiger charge is 2.22. The van der Waals surface area contributed by atoms with Gasteiger partial charge in [-0.1, -0.05) is 30.3 Å². The molecule has 2 rings (SSSR count). The topological polar surface area (TPSA) is 35.5 Å². The lowest BCUT2D eigenvalue weighted by Gasteiger charge is -2.20. The number of likely N-dealkylation sites (tertiary alicyclic amines) is 1. The van der Waals surface area contributed by atoms with Gasteiger partial charge in [0, 0.05) is 19.1 Å². The van der Waals surface area contributed by atoms with E-state index in [4.69, 9.17) is 0 Å². The second-order valence-corrected chi connectivity index (χ2v) is 4.46. The molecule has 3 nitrogen and oxygen atoms in total. The van der Waals surface area contributed by atoms with Gasteiger partial charge in [0.25, 0.3) is 0 Å². The molecule has 1 aliphatic rings. The summed E-state index contributed by atoms with van der Waals surface area (Å²) in [6.07, 6.45) is 0.815. The van der Waals surface area contributed by atoms with Gasteiger partial charge in [-0.25, -0.2) is 0 Å². The van der Waals surface area contributed by atoms with Crippen molar-refractivity contribution in [2.24, 2.45) is 0 Å². The molecule has 0 aliphatic carbocycles. The maximum atomic E-state index is 10.1. The van der Waals surface area contributed by atoms with E-state index in [1.165, 1.54) is 6.42 Å². The Morgan fingerprint density at radius 3 is 2.81 bits per heavy atom. The average Bonchev–Trinajstić information content (AvgIpc) is 2.78. The predicted octanol–water partition coefficient (Wildman–Crippen LogP) is 1.01. The van der Waals surface area contributed by atoms with E-state index >= 15 is 0 Å². The summed E-state index contributed by atoms with van der Waals surface area (Å²) in [7, 11) is 2.00. The molecule has 2 atom stereocenters. The van der Waals surface area contributed by atoms with Crippen molar-refractivity contribution in [3.8, 4) is 0 Å². The van der Waals surface area contributed by atoms with E-state index in [1.54, 1.807) is 0 Å². The Labute approximate surface area is 97.1 Å². The molecule has 1 aromatic rings. The lowest BCUT2D eigenvalue weighted by atomic mass is 10.1. The molecule has 1 aliphatic heterocycles. The lowest BCUT2D eigenvalue weighted by molar-refractivity contribution is 0.125. The average molecular weight is 220 g/mol. The van der Waals surface area contributed by atoms with E-state index in [2.05, 4.69) is 10.2 Å². The zero-order valence-corrected chi connectivity index (χ0v) is 9.76. The second kappa shape index (κ2) is 5.43. The number of likely N-dealkylation sites (N-methyl/N-ethyl adjacent to an activating group) is 1. The standard InChI is InChI=1S/C13H20N2O/c1-14-12-7-8-15(9-12)10-13(16)11-5-3-2-4-6-11/h2-6,12-14,16H,7-10H2,1H3. The Hall–Kier alpha value is -0.900. The first-order valence-corrected chi connectivity index (χ1v) is 5.92. The summed E-state index contributed by atoms with van der Waals surface area (Å²) in [5.74, 6) is 0. The van der Waals surface area contributed by atoms with Gasteiger partial charge in [-0.3, -0.25) is 4.90 Å². The van der Waals surface area contributed by atoms with Crippen LogP contribution in [0.3, 0.4) is 0 Å². The first kappa shape index (κ1) is 11.6. The zero-order valence-electron chi connectivity index (χ0n) is 9.76. The van der Waals surface area contributed by atoms with Crippen molar-refractivity contribution < 1.29 is 5.11 Å². The fourth-order valence-electron chi connectivity index (χ4n) is 2.26. The lowest BCUT2D eigenvalue weighted by Crippen LogP contribution is -2.31. The van der Waals surface area contributed by atoms with Gasteiger partial charge in [0.1, 0.15) is 0 Å². The van der Waals surface area contributed by atoms with Crippen molar-refractivity contribution in [1.82, 2.24) is 10.2 Å². The maximum Gasteiger partial charge on any atom is 0.0916 e. The van der Waals surface area contributed by atoms with Gasteiger partial charge in [0.15, 0.2) is 0 Å². The smallest absolute Gasteiger partial charge is 0.0916 e. The van der Waals surface area contributed by atoms with Crippen LogP contribution in [0.2, 0.25) is 0 Å². The van der Waals surface area contributed by atoms with Crippen LogP contribution in [0, 0.1) is 0 Å². The second-order valence-electron chi connectivity index (χ2n) is 4.46. The predicted molar refractivity (Wildman–Crippen MR) is 65.3 cm³/mol. The van der Waals surface area contributed by atoms with E-state index in [0.29, 0.717) is 6.04 Å². The zero-order chi connectivity index (χ0) is 11.4. The van der Waals surface area contributed by atoms with E-state index in [-0.39, 0.29) is 6.10 Å². The molecule has 0 radical (unpaired) electrons. The van der Waals surface area contributed by atoms with Gasteiger partial charge in [0.2, 0.25) is 0 Å². The Morgan fingerprint density at radius 2 is 2.19 bits per heavy atom. The molecule has 2 N–H and O–H groups in total. The van der Waals surface area contributed by atoms with Gasteiger partial charge < -0.3 is 10.4 Å². The monoisotopic (exact) mass is 220 g/mol. The summed E-state index contributed by atoms with van der Waals surface area (Å²) in [4.78, 5) is 2.32. The summed E-state index contributed by atoms with van der Waals surface area (Å²) in [5.41, 5.74) is 1.01. The Balaban J connectivity index is 1.86. The Morgan fingerprint density at radius 1 is 1.44 bits per heavy atom. The third kappa shape index (κ3) is 2.82. The van der Waals surface area contributed by atoms with Crippen molar-refractivity contribution in [1.29, 1.82) is 0 Å². The Bertz CT molecular complexity index is 315. The van der Waals surface area contributed by atoms with E-state index in [1.807, 2.05) is 37.4 Å². The van der Waals surface area contributed by atoms with Crippen molar-refractivity contribution in [2.45, 2.75) is 18.6 Å². The third-order valence-electron chi connectivity index (χ3n) is 3.30. The van der Waals surface area contributed by atoms with Gasteiger partial charge >= 0.3 is 0 Å². The molecule has 1 heterocycles. The van der Waals surface area contributed by atoms with Crippen molar-refractivity contribution in [3.05, 3.63) is 35.9 Å². The van der Waals surface area contributed by atoms with Crippen molar-refractivity contribution >= 4 is 0 Å². The van der Waals surface area contributed by atoms with Crippen LogP contribution in [-0.4, -0.2) is 42.7 Å². The first-order chi connectivity index (χ1) is 7.79. The number of rotatable bonds is 4. The molecule has 0 saturated carbocycles. The largest absolute Gasteiger partial charge is 0.387 e. The van der Waals surface area contributed by atoms with Crippen LogP contribution >= 0.6 is 0 Å². The molecule has 88 valence electrons. The summed E-state index contributed by atoms with van der Waals surface area (Å²) in [5, 5.41) is 13.4. The molecule has 2 unspecified atom stereocenters. The molecular weight excluding hydrogens is 200 g/mol. The molecule has 0 amide bonds. The Kier molecular flexibility index (Phi) is 3.93. The minimum Gasteiger partial charge on any atom is -0.387 e. The highest BCUT2D eigenvalue weighted by molar-refractivity contribution is 5.17. The highest BCUT2D eigenvalue weighted by atomic mass is 16.3. The summed E-state index contributed by atoms with van der Waals surface area (Å²) in [6, 6.07) is 10.5. The molecule has 1 saturated heterocycles. The van der Waals surface area contributed by atoms with Crippen LogP contribution in [0.25, 0.3) is 0 Å². The van der Waals surface area contributed by atoms with Gasteiger partial charge in [-0.15, -0.1) is 0 Å². The number of β-amino-alcohol motifs (C(OH)–C–C–N with tert-alkyl or cyclic N) is 1. The van der Waals surface area contributed by atoms with Crippen LogP contribution in [-0.2, 0) is 0 Å². The fourth-order valence-corrected chi connectivity index (χ4v) is 2.26. The molecular formula is C13H20N2O. The number of benzene rings is 1. The van der Waals surface area contributed by atoms with Crippen LogP contribution in [0.1, 0.15) is 18.1 Å². The molecule has 16 heavy (non-hydrogen) atoms. The number of nitrogens with one attached hydrogen (secondary N) is 1. The third-order valence-corrected chi connectivity index (χ3v) is 3.30. The number of nitrogens with zero attached hydrogens (tertiary/aromatic N) is 1. The van der Waals surface area contributed by atoms with Gasteiger partial charge in [-0.2, -0.15) is 0 Å². The molecule has 0 spiro atoms. The summed E-state index contributed by atoms with van der Waals surface area (Å²) < 4.78 is 0.